The highest BCUT2D eigenvalue weighted by Crippen LogP contribution is 2.46. The molecule has 1 saturated heterocycles. The number of benzene rings is 1. The molecule has 19 heavy (non-hydrogen) atoms. The fourth-order valence-electron chi connectivity index (χ4n) is 3.78. The van der Waals surface area contributed by atoms with Crippen LogP contribution in [0.5, 0.6) is 0 Å². The molecule has 2 aliphatic rings. The topological polar surface area (TPSA) is 46.3 Å². The van der Waals surface area contributed by atoms with Crippen LogP contribution in [0.25, 0.3) is 0 Å². The molecule has 1 aromatic rings. The molecule has 3 nitrogen and oxygen atoms in total. The second-order valence-electron chi connectivity index (χ2n) is 6.24. The number of hydrogen-bond donors (Lipinski definition) is 1. The Balaban J connectivity index is 1.75. The van der Waals surface area contributed by atoms with E-state index in [9.17, 15) is 4.79 Å². The Morgan fingerprint density at radius 3 is 2.84 bits per heavy atom. The average molecular weight is 258 g/mol. The Bertz CT molecular complexity index is 459. The average Bonchev–Trinajstić information content (AvgIpc) is 2.72. The normalized spacial score (nSPS) is 31.1. The Morgan fingerprint density at radius 1 is 1.32 bits per heavy atom. The molecule has 2 fully saturated rings. The predicted molar refractivity (Wildman–Crippen MR) is 75.3 cm³/mol. The smallest absolute Gasteiger partial charge is 0.224 e. The van der Waals surface area contributed by atoms with E-state index in [0.29, 0.717) is 5.92 Å². The fourth-order valence-corrected chi connectivity index (χ4v) is 3.78. The first kappa shape index (κ1) is 12.7. The van der Waals surface area contributed by atoms with Gasteiger partial charge in [0, 0.05) is 13.1 Å². The van der Waals surface area contributed by atoms with Gasteiger partial charge in [0.2, 0.25) is 5.91 Å². The van der Waals surface area contributed by atoms with Crippen LogP contribution in [0.1, 0.15) is 31.2 Å². The van der Waals surface area contributed by atoms with E-state index in [1.165, 1.54) is 18.4 Å². The van der Waals surface area contributed by atoms with Crippen LogP contribution in [0.2, 0.25) is 0 Å². The third kappa shape index (κ3) is 2.52. The van der Waals surface area contributed by atoms with Gasteiger partial charge < -0.3 is 5.73 Å². The van der Waals surface area contributed by atoms with Gasteiger partial charge in [-0.3, -0.25) is 9.69 Å². The summed E-state index contributed by atoms with van der Waals surface area (Å²) in [5.74, 6) is 0.614. The molecule has 1 aliphatic heterocycles. The van der Waals surface area contributed by atoms with Crippen LogP contribution in [0.4, 0.5) is 0 Å². The van der Waals surface area contributed by atoms with E-state index in [2.05, 4.69) is 29.2 Å². The van der Waals surface area contributed by atoms with Gasteiger partial charge in [-0.05, 0) is 43.7 Å². The highest BCUT2D eigenvalue weighted by Gasteiger charge is 2.46. The number of hydrogen-bond acceptors (Lipinski definition) is 2. The number of primary amides is 1. The van der Waals surface area contributed by atoms with Crippen molar-refractivity contribution in [2.24, 2.45) is 17.1 Å². The Kier molecular flexibility index (Phi) is 3.31. The molecule has 1 heterocycles. The summed E-state index contributed by atoms with van der Waals surface area (Å²) >= 11 is 0. The number of likely N-dealkylation sites (tertiary alicyclic amines) is 1. The zero-order valence-electron chi connectivity index (χ0n) is 11.3. The molecule has 1 saturated carbocycles. The number of fused-ring (bicyclic) bond motifs is 2. The molecule has 1 aliphatic carbocycles. The maximum absolute atomic E-state index is 11.9. The van der Waals surface area contributed by atoms with Crippen LogP contribution < -0.4 is 5.73 Å². The first-order chi connectivity index (χ1) is 9.18. The third-order valence-electron chi connectivity index (χ3n) is 4.86. The zero-order valence-corrected chi connectivity index (χ0v) is 11.3. The minimum atomic E-state index is -0.254. The molecule has 2 bridgehead atoms. The van der Waals surface area contributed by atoms with Crippen LogP contribution in [0, 0.1) is 11.3 Å². The van der Waals surface area contributed by atoms with Gasteiger partial charge in [0.15, 0.2) is 0 Å². The van der Waals surface area contributed by atoms with Crippen LogP contribution in [0.3, 0.4) is 0 Å². The molecular formula is C16H22N2O. The summed E-state index contributed by atoms with van der Waals surface area (Å²) in [5, 5.41) is 0. The van der Waals surface area contributed by atoms with E-state index in [1.54, 1.807) is 0 Å². The SMILES string of the molecule is NC(=O)C12CCC(CCN(Cc3ccccc3)C1)C2. The van der Waals surface area contributed by atoms with Gasteiger partial charge in [0.05, 0.1) is 5.41 Å². The van der Waals surface area contributed by atoms with Crippen molar-refractivity contribution in [1.82, 2.24) is 4.90 Å². The van der Waals surface area contributed by atoms with Crippen LogP contribution >= 0.6 is 0 Å². The number of rotatable bonds is 3. The number of nitrogens with two attached hydrogens (primary N) is 1. The molecule has 1 aromatic carbocycles. The molecule has 2 N–H and O–H groups in total. The number of carbonyl (C=O) groups excluding carboxylic acids is 1. The number of carbonyl (C=O) groups is 1. The van der Waals surface area contributed by atoms with Crippen molar-refractivity contribution in [2.75, 3.05) is 13.1 Å². The summed E-state index contributed by atoms with van der Waals surface area (Å²) in [6.07, 6.45) is 4.38. The van der Waals surface area contributed by atoms with Crippen molar-refractivity contribution in [3.8, 4) is 0 Å². The minimum absolute atomic E-state index is 0.0880. The minimum Gasteiger partial charge on any atom is -0.369 e. The van der Waals surface area contributed by atoms with Gasteiger partial charge in [-0.1, -0.05) is 30.3 Å². The Morgan fingerprint density at radius 2 is 2.11 bits per heavy atom. The van der Waals surface area contributed by atoms with Gasteiger partial charge in [0.1, 0.15) is 0 Å². The molecule has 0 aromatic heterocycles. The van der Waals surface area contributed by atoms with Crippen LogP contribution in [-0.4, -0.2) is 23.9 Å². The monoisotopic (exact) mass is 258 g/mol. The van der Waals surface area contributed by atoms with Gasteiger partial charge in [-0.15, -0.1) is 0 Å². The quantitative estimate of drug-likeness (QED) is 0.903. The highest BCUT2D eigenvalue weighted by molar-refractivity contribution is 5.81. The summed E-state index contributed by atoms with van der Waals surface area (Å²) in [6.45, 7) is 2.87. The predicted octanol–water partition coefficient (Wildman–Crippen LogP) is 2.16. The Hall–Kier alpha value is -1.35. The lowest BCUT2D eigenvalue weighted by Crippen LogP contribution is -2.44. The first-order valence-corrected chi connectivity index (χ1v) is 7.24. The van der Waals surface area contributed by atoms with Gasteiger partial charge in [-0.2, -0.15) is 0 Å². The van der Waals surface area contributed by atoms with E-state index in [-0.39, 0.29) is 11.3 Å². The maximum atomic E-state index is 11.9. The van der Waals surface area contributed by atoms with Crippen LogP contribution in [0.15, 0.2) is 30.3 Å². The molecule has 0 spiro atoms. The van der Waals surface area contributed by atoms with Crippen molar-refractivity contribution in [3.05, 3.63) is 35.9 Å². The summed E-state index contributed by atoms with van der Waals surface area (Å²) in [5.41, 5.74) is 6.76. The van der Waals surface area contributed by atoms with Crippen molar-refractivity contribution < 1.29 is 4.79 Å². The second-order valence-corrected chi connectivity index (χ2v) is 6.24. The molecular weight excluding hydrogens is 236 g/mol. The molecule has 102 valence electrons. The molecule has 2 atom stereocenters. The lowest BCUT2D eigenvalue weighted by Gasteiger charge is -2.31. The highest BCUT2D eigenvalue weighted by atomic mass is 16.1. The molecule has 3 heteroatoms. The summed E-state index contributed by atoms with van der Waals surface area (Å²) in [6, 6.07) is 10.5. The van der Waals surface area contributed by atoms with Crippen molar-refractivity contribution in [2.45, 2.75) is 32.2 Å². The molecule has 2 unspecified atom stereocenters. The summed E-state index contributed by atoms with van der Waals surface area (Å²) < 4.78 is 0. The molecule has 3 rings (SSSR count). The van der Waals surface area contributed by atoms with E-state index < -0.39 is 0 Å². The van der Waals surface area contributed by atoms with E-state index in [4.69, 9.17) is 5.73 Å². The first-order valence-electron chi connectivity index (χ1n) is 7.24. The lowest BCUT2D eigenvalue weighted by atomic mass is 9.84. The number of nitrogens with zero attached hydrogens (tertiary/aromatic N) is 1. The van der Waals surface area contributed by atoms with E-state index in [0.717, 1.165) is 32.5 Å². The molecule has 0 radical (unpaired) electrons. The van der Waals surface area contributed by atoms with E-state index >= 15 is 0 Å². The van der Waals surface area contributed by atoms with E-state index in [1.807, 2.05) is 6.07 Å². The third-order valence-corrected chi connectivity index (χ3v) is 4.86. The van der Waals surface area contributed by atoms with Gasteiger partial charge in [0.25, 0.3) is 0 Å². The van der Waals surface area contributed by atoms with Gasteiger partial charge >= 0.3 is 0 Å². The van der Waals surface area contributed by atoms with Crippen molar-refractivity contribution in [1.29, 1.82) is 0 Å². The molecule has 1 amide bonds. The standard InChI is InChI=1S/C16H22N2O/c17-15(19)16-8-6-13(10-16)7-9-18(12-16)11-14-4-2-1-3-5-14/h1-5,13H,6-12H2,(H2,17,19). The Labute approximate surface area is 114 Å². The second kappa shape index (κ2) is 4.97. The zero-order chi connectivity index (χ0) is 13.3. The van der Waals surface area contributed by atoms with Crippen LogP contribution in [-0.2, 0) is 11.3 Å². The maximum Gasteiger partial charge on any atom is 0.224 e. The largest absolute Gasteiger partial charge is 0.369 e. The van der Waals surface area contributed by atoms with Gasteiger partial charge in [-0.25, -0.2) is 0 Å². The van der Waals surface area contributed by atoms with Crippen molar-refractivity contribution in [3.63, 3.8) is 0 Å². The number of amides is 1. The van der Waals surface area contributed by atoms with Crippen molar-refractivity contribution >= 4 is 5.91 Å². The lowest BCUT2D eigenvalue weighted by molar-refractivity contribution is -0.128. The fraction of sp³-hybridized carbons (Fsp3) is 0.562. The summed E-state index contributed by atoms with van der Waals surface area (Å²) in [7, 11) is 0. The summed E-state index contributed by atoms with van der Waals surface area (Å²) in [4.78, 5) is 14.3.